The quantitative estimate of drug-likeness (QED) is 0.351. The van der Waals surface area contributed by atoms with Gasteiger partial charge in [-0.3, -0.25) is 0 Å². The Labute approximate surface area is 185 Å². The van der Waals surface area contributed by atoms with Crippen molar-refractivity contribution in [3.63, 3.8) is 0 Å². The Morgan fingerprint density at radius 2 is 1.61 bits per heavy atom. The molecule has 0 saturated carbocycles. The van der Waals surface area contributed by atoms with E-state index in [1.165, 1.54) is 39.8 Å². The number of aromatic nitrogens is 4. The summed E-state index contributed by atoms with van der Waals surface area (Å²) in [4.78, 5) is 5.08. The van der Waals surface area contributed by atoms with Crippen LogP contribution in [0.1, 0.15) is 61.3 Å². The van der Waals surface area contributed by atoms with E-state index in [2.05, 4.69) is 68.8 Å². The van der Waals surface area contributed by atoms with Gasteiger partial charge >= 0.3 is 0 Å². The van der Waals surface area contributed by atoms with Crippen molar-refractivity contribution >= 4 is 16.7 Å². The van der Waals surface area contributed by atoms with E-state index in [1.807, 2.05) is 0 Å². The van der Waals surface area contributed by atoms with Gasteiger partial charge in [0.25, 0.3) is 0 Å². The molecule has 0 aliphatic rings. The summed E-state index contributed by atoms with van der Waals surface area (Å²) in [6, 6.07) is 6.52. The van der Waals surface area contributed by atoms with Crippen LogP contribution in [-0.4, -0.2) is 26.3 Å². The maximum absolute atomic E-state index is 5.48. The van der Waals surface area contributed by atoms with Crippen LogP contribution in [0.15, 0.2) is 18.2 Å². The van der Waals surface area contributed by atoms with Crippen LogP contribution in [0.5, 0.6) is 5.75 Å². The zero-order chi connectivity index (χ0) is 22.3. The first-order chi connectivity index (χ1) is 14.9. The molecule has 5 heteroatoms. The minimum atomic E-state index is 0.886. The van der Waals surface area contributed by atoms with Gasteiger partial charge in [-0.15, -0.1) is 0 Å². The third-order valence-corrected chi connectivity index (χ3v) is 6.29. The summed E-state index contributed by atoms with van der Waals surface area (Å²) in [5.74, 6) is 0.886. The molecular weight excluding hydrogens is 384 g/mol. The Hall–Kier alpha value is -2.82. The molecule has 0 atom stereocenters. The first kappa shape index (κ1) is 21.4. The third-order valence-electron chi connectivity index (χ3n) is 6.29. The molecule has 31 heavy (non-hydrogen) atoms. The van der Waals surface area contributed by atoms with Gasteiger partial charge in [0.15, 0.2) is 5.65 Å². The van der Waals surface area contributed by atoms with Crippen LogP contribution >= 0.6 is 0 Å². The molecular formula is C26H34N4O. The zero-order valence-electron chi connectivity index (χ0n) is 20.0. The molecule has 3 aromatic heterocycles. The molecule has 0 fully saturated rings. The molecule has 164 valence electrons. The Kier molecular flexibility index (Phi) is 5.78. The van der Waals surface area contributed by atoms with Gasteiger partial charge in [0.2, 0.25) is 0 Å². The topological polar surface area (TPSA) is 44.3 Å². The molecule has 0 amide bonds. The minimum Gasteiger partial charge on any atom is -0.497 e. The number of nitrogens with zero attached hydrogens (tertiary/aromatic N) is 4. The second kappa shape index (κ2) is 8.37. The molecule has 0 aliphatic heterocycles. The molecule has 0 bridgehead atoms. The van der Waals surface area contributed by atoms with E-state index in [0.29, 0.717) is 0 Å². The summed E-state index contributed by atoms with van der Waals surface area (Å²) < 4.78 is 10.1. The fourth-order valence-electron chi connectivity index (χ4n) is 4.83. The summed E-state index contributed by atoms with van der Waals surface area (Å²) >= 11 is 0. The van der Waals surface area contributed by atoms with Crippen LogP contribution in [0, 0.1) is 27.7 Å². The van der Waals surface area contributed by atoms with Gasteiger partial charge in [-0.1, -0.05) is 26.7 Å². The van der Waals surface area contributed by atoms with Crippen molar-refractivity contribution < 1.29 is 4.74 Å². The van der Waals surface area contributed by atoms with Gasteiger partial charge in [0.05, 0.1) is 24.1 Å². The first-order valence-electron chi connectivity index (χ1n) is 11.4. The SMILES string of the molecule is CCCCn1c(CCC)cc2c(C)nc3c(-c4c(C)cc(OC)cc4C)c(C)nn3c21. The average Bonchev–Trinajstić information content (AvgIpc) is 3.24. The molecule has 0 spiro atoms. The number of ether oxygens (including phenoxy) is 1. The van der Waals surface area contributed by atoms with E-state index >= 15 is 0 Å². The Morgan fingerprint density at radius 3 is 2.23 bits per heavy atom. The van der Waals surface area contributed by atoms with Crippen LogP contribution < -0.4 is 4.74 Å². The van der Waals surface area contributed by atoms with E-state index in [4.69, 9.17) is 14.8 Å². The first-order valence-corrected chi connectivity index (χ1v) is 11.4. The zero-order valence-corrected chi connectivity index (χ0v) is 20.0. The van der Waals surface area contributed by atoms with Crippen molar-refractivity contribution in [3.05, 3.63) is 46.4 Å². The number of aryl methyl sites for hydroxylation is 6. The van der Waals surface area contributed by atoms with Gasteiger partial charge in [-0.25, -0.2) is 4.98 Å². The molecule has 0 unspecified atom stereocenters. The highest BCUT2D eigenvalue weighted by Gasteiger charge is 2.22. The smallest absolute Gasteiger partial charge is 0.165 e. The van der Waals surface area contributed by atoms with Crippen molar-refractivity contribution in [2.24, 2.45) is 0 Å². The van der Waals surface area contributed by atoms with E-state index in [-0.39, 0.29) is 0 Å². The minimum absolute atomic E-state index is 0.886. The molecule has 4 aromatic rings. The van der Waals surface area contributed by atoms with Crippen molar-refractivity contribution in [2.45, 2.75) is 73.8 Å². The Morgan fingerprint density at radius 1 is 0.903 bits per heavy atom. The van der Waals surface area contributed by atoms with E-state index in [1.54, 1.807) is 7.11 Å². The molecule has 0 aliphatic carbocycles. The number of hydrogen-bond acceptors (Lipinski definition) is 3. The predicted octanol–water partition coefficient (Wildman–Crippen LogP) is 6.35. The highest BCUT2D eigenvalue weighted by molar-refractivity contribution is 5.90. The van der Waals surface area contributed by atoms with E-state index in [9.17, 15) is 0 Å². The Bertz CT molecular complexity index is 1240. The van der Waals surface area contributed by atoms with Crippen molar-refractivity contribution in [1.29, 1.82) is 0 Å². The lowest BCUT2D eigenvalue weighted by atomic mass is 9.95. The van der Waals surface area contributed by atoms with Crippen LogP contribution in [0.4, 0.5) is 0 Å². The molecule has 0 saturated heterocycles. The number of fused-ring (bicyclic) bond motifs is 3. The van der Waals surface area contributed by atoms with E-state index in [0.717, 1.165) is 54.2 Å². The van der Waals surface area contributed by atoms with E-state index < -0.39 is 0 Å². The Balaban J connectivity index is 2.06. The monoisotopic (exact) mass is 418 g/mol. The van der Waals surface area contributed by atoms with Crippen LogP contribution in [0.2, 0.25) is 0 Å². The molecule has 5 nitrogen and oxygen atoms in total. The van der Waals surface area contributed by atoms with Gasteiger partial charge < -0.3 is 9.30 Å². The van der Waals surface area contributed by atoms with Gasteiger partial charge in [0.1, 0.15) is 11.4 Å². The molecule has 0 N–H and O–H groups in total. The average molecular weight is 419 g/mol. The number of methoxy groups -OCH3 is 1. The fourth-order valence-corrected chi connectivity index (χ4v) is 4.83. The van der Waals surface area contributed by atoms with Gasteiger partial charge in [-0.05, 0) is 75.4 Å². The van der Waals surface area contributed by atoms with Crippen molar-refractivity contribution in [3.8, 4) is 16.9 Å². The largest absolute Gasteiger partial charge is 0.497 e. The van der Waals surface area contributed by atoms with Gasteiger partial charge in [-0.2, -0.15) is 9.61 Å². The lowest BCUT2D eigenvalue weighted by Crippen LogP contribution is -2.07. The van der Waals surface area contributed by atoms with Crippen LogP contribution in [-0.2, 0) is 13.0 Å². The highest BCUT2D eigenvalue weighted by atomic mass is 16.5. The van der Waals surface area contributed by atoms with Crippen LogP contribution in [0.25, 0.3) is 27.8 Å². The van der Waals surface area contributed by atoms with Crippen molar-refractivity contribution in [2.75, 3.05) is 7.11 Å². The summed E-state index contributed by atoms with van der Waals surface area (Å²) in [6.45, 7) is 14.0. The van der Waals surface area contributed by atoms with Gasteiger partial charge in [0, 0.05) is 17.6 Å². The second-order valence-corrected chi connectivity index (χ2v) is 8.66. The summed E-state index contributed by atoms with van der Waals surface area (Å²) in [5, 5.41) is 6.24. The third kappa shape index (κ3) is 3.50. The molecule has 3 heterocycles. The maximum atomic E-state index is 5.48. The number of rotatable bonds is 7. The molecule has 1 aromatic carbocycles. The number of unbranched alkanes of at least 4 members (excludes halogenated alkanes) is 1. The lowest BCUT2D eigenvalue weighted by molar-refractivity contribution is 0.414. The molecule has 4 rings (SSSR count). The maximum Gasteiger partial charge on any atom is 0.165 e. The highest BCUT2D eigenvalue weighted by Crippen LogP contribution is 2.37. The summed E-state index contributed by atoms with van der Waals surface area (Å²) in [6.07, 6.45) is 4.54. The van der Waals surface area contributed by atoms with Crippen molar-refractivity contribution in [1.82, 2.24) is 19.2 Å². The molecule has 0 radical (unpaired) electrons. The van der Waals surface area contributed by atoms with Crippen LogP contribution in [0.3, 0.4) is 0 Å². The lowest BCUT2D eigenvalue weighted by Gasteiger charge is -2.13. The normalized spacial score (nSPS) is 11.7. The second-order valence-electron chi connectivity index (χ2n) is 8.66. The summed E-state index contributed by atoms with van der Waals surface area (Å²) in [7, 11) is 1.72. The fraction of sp³-hybridized carbons (Fsp3) is 0.462. The number of benzene rings is 1. The number of hydrogen-bond donors (Lipinski definition) is 0. The standard InChI is InChI=1S/C26H34N4O/c1-8-10-12-29-20(11-9-2)15-22-18(5)27-25-24(19(6)28-30(25)26(22)29)23-16(3)13-21(31-7)14-17(23)4/h13-15H,8-12H2,1-7H3. The predicted molar refractivity (Wildman–Crippen MR) is 128 cm³/mol. The summed E-state index contributed by atoms with van der Waals surface area (Å²) in [5.41, 5.74) is 10.3.